The van der Waals surface area contributed by atoms with Gasteiger partial charge in [0.2, 0.25) is 0 Å². The maximum Gasteiger partial charge on any atom is 0.341 e. The molecular weight excluding hydrogens is 432 g/mol. The van der Waals surface area contributed by atoms with Gasteiger partial charge < -0.3 is 14.8 Å². The molecule has 8 nitrogen and oxygen atoms in total. The molecule has 0 saturated carbocycles. The van der Waals surface area contributed by atoms with E-state index in [-0.39, 0.29) is 24.5 Å². The summed E-state index contributed by atoms with van der Waals surface area (Å²) in [6.07, 6.45) is 0.905. The summed E-state index contributed by atoms with van der Waals surface area (Å²) in [5.74, 6) is -0.504. The smallest absolute Gasteiger partial charge is 0.341 e. The highest BCUT2D eigenvalue weighted by atomic mass is 32.1. The summed E-state index contributed by atoms with van der Waals surface area (Å²) in [5, 5.41) is 15.8. The monoisotopic (exact) mass is 454 g/mol. The topological polar surface area (TPSA) is 108 Å². The van der Waals surface area contributed by atoms with Crippen LogP contribution in [0.2, 0.25) is 0 Å². The van der Waals surface area contributed by atoms with Crippen molar-refractivity contribution in [2.45, 2.75) is 20.3 Å². The molecule has 166 valence electrons. The first kappa shape index (κ1) is 23.0. The minimum atomic E-state index is -0.623. The number of nitro groups is 1. The molecule has 0 spiro atoms. The van der Waals surface area contributed by atoms with Crippen LogP contribution >= 0.6 is 11.3 Å². The first-order valence-corrected chi connectivity index (χ1v) is 10.9. The van der Waals surface area contributed by atoms with E-state index in [0.29, 0.717) is 21.9 Å². The van der Waals surface area contributed by atoms with Gasteiger partial charge in [-0.1, -0.05) is 31.2 Å². The van der Waals surface area contributed by atoms with Gasteiger partial charge in [0.25, 0.3) is 11.6 Å². The summed E-state index contributed by atoms with van der Waals surface area (Å²) in [4.78, 5) is 35.7. The predicted molar refractivity (Wildman–Crippen MR) is 122 cm³/mol. The highest BCUT2D eigenvalue weighted by Crippen LogP contribution is 2.37. The van der Waals surface area contributed by atoms with Crippen molar-refractivity contribution in [1.29, 1.82) is 0 Å². The number of hydrogen-bond acceptors (Lipinski definition) is 7. The molecule has 0 radical (unpaired) electrons. The van der Waals surface area contributed by atoms with E-state index in [4.69, 9.17) is 9.47 Å². The number of benzene rings is 2. The molecule has 0 fully saturated rings. The molecule has 0 aliphatic heterocycles. The average Bonchev–Trinajstić information content (AvgIpc) is 3.21. The van der Waals surface area contributed by atoms with Crippen molar-refractivity contribution in [3.8, 4) is 16.9 Å². The van der Waals surface area contributed by atoms with Crippen molar-refractivity contribution in [3.63, 3.8) is 0 Å². The van der Waals surface area contributed by atoms with Crippen LogP contribution in [0.5, 0.6) is 5.75 Å². The van der Waals surface area contributed by atoms with E-state index in [0.717, 1.165) is 23.3 Å². The fourth-order valence-corrected chi connectivity index (χ4v) is 3.96. The Morgan fingerprint density at radius 1 is 1.12 bits per heavy atom. The summed E-state index contributed by atoms with van der Waals surface area (Å²) in [5.41, 5.74) is 2.14. The Morgan fingerprint density at radius 3 is 2.53 bits per heavy atom. The SMILES string of the molecule is CCOC(=O)c1c(-c2cccc([N+](=O)[O-])c2)csc1NC(=O)COc1ccc(CC)cc1. The number of non-ortho nitro benzene ring substituents is 1. The molecule has 3 aromatic rings. The summed E-state index contributed by atoms with van der Waals surface area (Å²) in [6.45, 7) is 3.63. The molecule has 3 rings (SSSR count). The van der Waals surface area contributed by atoms with E-state index in [2.05, 4.69) is 5.32 Å². The molecule has 0 aliphatic rings. The van der Waals surface area contributed by atoms with Crippen molar-refractivity contribution in [2.75, 3.05) is 18.5 Å². The number of carbonyl (C=O) groups is 2. The van der Waals surface area contributed by atoms with E-state index < -0.39 is 16.8 Å². The Bertz CT molecular complexity index is 1120. The lowest BCUT2D eigenvalue weighted by Crippen LogP contribution is -2.21. The number of anilines is 1. The molecule has 0 unspecified atom stereocenters. The number of nitrogens with one attached hydrogen (secondary N) is 1. The zero-order chi connectivity index (χ0) is 23.1. The summed E-state index contributed by atoms with van der Waals surface area (Å²) in [7, 11) is 0. The van der Waals surface area contributed by atoms with Crippen LogP contribution in [0.4, 0.5) is 10.7 Å². The van der Waals surface area contributed by atoms with E-state index in [9.17, 15) is 19.7 Å². The van der Waals surface area contributed by atoms with Gasteiger partial charge >= 0.3 is 5.97 Å². The van der Waals surface area contributed by atoms with Crippen molar-refractivity contribution >= 4 is 33.9 Å². The van der Waals surface area contributed by atoms with E-state index in [1.807, 2.05) is 19.1 Å². The number of hydrogen-bond donors (Lipinski definition) is 1. The van der Waals surface area contributed by atoms with Gasteiger partial charge in [-0.3, -0.25) is 14.9 Å². The molecule has 1 aromatic heterocycles. The average molecular weight is 455 g/mol. The first-order valence-electron chi connectivity index (χ1n) is 9.98. The normalized spacial score (nSPS) is 10.4. The van der Waals surface area contributed by atoms with Crippen molar-refractivity contribution < 1.29 is 24.0 Å². The number of thiophene rings is 1. The first-order chi connectivity index (χ1) is 15.4. The fourth-order valence-electron chi connectivity index (χ4n) is 2.99. The van der Waals surface area contributed by atoms with E-state index >= 15 is 0 Å². The second-order valence-corrected chi connectivity index (χ2v) is 7.60. The fraction of sp³-hybridized carbons (Fsp3) is 0.217. The van der Waals surface area contributed by atoms with Crippen LogP contribution in [0, 0.1) is 10.1 Å². The number of esters is 1. The predicted octanol–water partition coefficient (Wildman–Crippen LogP) is 5.08. The van der Waals surface area contributed by atoms with Gasteiger partial charge in [0, 0.05) is 23.1 Å². The Hall–Kier alpha value is -3.72. The maximum absolute atomic E-state index is 12.6. The molecule has 1 heterocycles. The Kier molecular flexibility index (Phi) is 7.56. The van der Waals surface area contributed by atoms with Crippen LogP contribution in [0.1, 0.15) is 29.8 Å². The van der Waals surface area contributed by atoms with Crippen LogP contribution in [-0.2, 0) is 16.0 Å². The molecular formula is C23H22N2O6S. The number of aryl methyl sites for hydroxylation is 1. The molecule has 1 amide bonds. The zero-order valence-corrected chi connectivity index (χ0v) is 18.4. The van der Waals surface area contributed by atoms with E-state index in [1.165, 1.54) is 18.2 Å². The van der Waals surface area contributed by atoms with Crippen LogP contribution < -0.4 is 10.1 Å². The highest BCUT2D eigenvalue weighted by Gasteiger charge is 2.24. The Morgan fingerprint density at radius 2 is 1.88 bits per heavy atom. The molecule has 2 aromatic carbocycles. The molecule has 32 heavy (non-hydrogen) atoms. The number of rotatable bonds is 9. The second kappa shape index (κ2) is 10.5. The summed E-state index contributed by atoms with van der Waals surface area (Å²) in [6, 6.07) is 13.4. The van der Waals surface area contributed by atoms with Gasteiger partial charge in [-0.15, -0.1) is 11.3 Å². The zero-order valence-electron chi connectivity index (χ0n) is 17.6. The molecule has 0 atom stereocenters. The van der Waals surface area contributed by atoms with Crippen LogP contribution in [0.15, 0.2) is 53.9 Å². The maximum atomic E-state index is 12.6. The van der Waals surface area contributed by atoms with E-state index in [1.54, 1.807) is 30.5 Å². The van der Waals surface area contributed by atoms with Gasteiger partial charge in [0.1, 0.15) is 16.3 Å². The third-order valence-electron chi connectivity index (χ3n) is 4.59. The van der Waals surface area contributed by atoms with Gasteiger partial charge in [-0.05, 0) is 36.6 Å². The minimum Gasteiger partial charge on any atom is -0.484 e. The number of nitrogens with zero attached hydrogens (tertiary/aromatic N) is 1. The van der Waals surface area contributed by atoms with Crippen molar-refractivity contribution in [3.05, 3.63) is 75.2 Å². The number of amides is 1. The van der Waals surface area contributed by atoms with Crippen LogP contribution in [0.25, 0.3) is 11.1 Å². The summed E-state index contributed by atoms with van der Waals surface area (Å²) < 4.78 is 10.7. The summed E-state index contributed by atoms with van der Waals surface area (Å²) >= 11 is 1.14. The highest BCUT2D eigenvalue weighted by molar-refractivity contribution is 7.15. The van der Waals surface area contributed by atoms with Gasteiger partial charge in [0.05, 0.1) is 11.5 Å². The van der Waals surface area contributed by atoms with Crippen LogP contribution in [0.3, 0.4) is 0 Å². The molecule has 0 bridgehead atoms. The molecule has 1 N–H and O–H groups in total. The third-order valence-corrected chi connectivity index (χ3v) is 5.49. The molecule has 0 aliphatic carbocycles. The molecule has 0 saturated heterocycles. The number of carbonyl (C=O) groups excluding carboxylic acids is 2. The number of ether oxygens (including phenoxy) is 2. The lowest BCUT2D eigenvalue weighted by atomic mass is 10.0. The van der Waals surface area contributed by atoms with Crippen molar-refractivity contribution in [1.82, 2.24) is 0 Å². The van der Waals surface area contributed by atoms with Gasteiger partial charge in [-0.2, -0.15) is 0 Å². The number of nitro benzene ring substituents is 1. The minimum absolute atomic E-state index is 0.100. The Labute approximate surface area is 188 Å². The Balaban J connectivity index is 1.81. The van der Waals surface area contributed by atoms with Gasteiger partial charge in [-0.25, -0.2) is 4.79 Å². The molecule has 9 heteroatoms. The van der Waals surface area contributed by atoms with Crippen LogP contribution in [-0.4, -0.2) is 30.0 Å². The lowest BCUT2D eigenvalue weighted by molar-refractivity contribution is -0.384. The van der Waals surface area contributed by atoms with Crippen molar-refractivity contribution in [2.24, 2.45) is 0 Å². The third kappa shape index (κ3) is 5.50. The van der Waals surface area contributed by atoms with Gasteiger partial charge in [0.15, 0.2) is 6.61 Å². The second-order valence-electron chi connectivity index (χ2n) is 6.72. The lowest BCUT2D eigenvalue weighted by Gasteiger charge is -2.10. The standard InChI is InChI=1S/C23H22N2O6S/c1-3-15-8-10-18(11-9-15)31-13-20(26)24-22-21(23(27)30-4-2)19(14-32-22)16-6-5-7-17(12-16)25(28)29/h5-12,14H,3-4,13H2,1-2H3,(H,24,26). The largest absolute Gasteiger partial charge is 0.484 e. The quantitative estimate of drug-likeness (QED) is 0.274.